The molecule has 0 amide bonds. The first-order valence-corrected chi connectivity index (χ1v) is 7.81. The molecular weight excluding hydrogens is 252 g/mol. The highest BCUT2D eigenvalue weighted by atomic mass is 16.5. The summed E-state index contributed by atoms with van der Waals surface area (Å²) < 4.78 is 5.59. The van der Waals surface area contributed by atoms with Crippen molar-refractivity contribution in [2.45, 2.75) is 71.8 Å². The van der Waals surface area contributed by atoms with Crippen molar-refractivity contribution in [2.75, 3.05) is 6.61 Å². The lowest BCUT2D eigenvalue weighted by atomic mass is 9.95. The second kappa shape index (κ2) is 9.06. The van der Waals surface area contributed by atoms with Crippen molar-refractivity contribution in [3.8, 4) is 0 Å². The average molecular weight is 280 g/mol. The van der Waals surface area contributed by atoms with E-state index in [4.69, 9.17) is 4.74 Å². The molecule has 3 nitrogen and oxygen atoms in total. The lowest BCUT2D eigenvalue weighted by Gasteiger charge is -2.15. The minimum Gasteiger partial charge on any atom is -0.370 e. The number of rotatable bonds is 7. The van der Waals surface area contributed by atoms with Crippen LogP contribution in [0.1, 0.15) is 65.7 Å². The first-order valence-electron chi connectivity index (χ1n) is 7.81. The molecule has 0 radical (unpaired) electrons. The molecule has 3 heteroatoms. The van der Waals surface area contributed by atoms with E-state index in [1.807, 2.05) is 26.8 Å². The van der Waals surface area contributed by atoms with Crippen LogP contribution in [0.3, 0.4) is 0 Å². The predicted molar refractivity (Wildman–Crippen MR) is 80.7 cm³/mol. The third-order valence-corrected chi connectivity index (χ3v) is 3.86. The summed E-state index contributed by atoms with van der Waals surface area (Å²) in [5, 5.41) is 0. The van der Waals surface area contributed by atoms with Gasteiger partial charge in [-0.25, -0.2) is 0 Å². The fourth-order valence-corrected chi connectivity index (χ4v) is 2.40. The van der Waals surface area contributed by atoms with Crippen molar-refractivity contribution in [3.63, 3.8) is 0 Å². The molecule has 0 saturated carbocycles. The van der Waals surface area contributed by atoms with E-state index >= 15 is 0 Å². The zero-order chi connectivity index (χ0) is 15.0. The quantitative estimate of drug-likeness (QED) is 0.665. The molecule has 2 atom stereocenters. The Hall–Kier alpha value is -0.960. The number of hydrogen-bond donors (Lipinski definition) is 0. The number of carbonyl (C=O) groups is 2. The Morgan fingerprint density at radius 1 is 1.40 bits per heavy atom. The van der Waals surface area contributed by atoms with E-state index in [-0.39, 0.29) is 17.8 Å². The minimum atomic E-state index is -0.224. The van der Waals surface area contributed by atoms with Gasteiger partial charge < -0.3 is 4.74 Å². The van der Waals surface area contributed by atoms with Crippen molar-refractivity contribution < 1.29 is 14.3 Å². The smallest absolute Gasteiger partial charge is 0.161 e. The van der Waals surface area contributed by atoms with Gasteiger partial charge in [0.2, 0.25) is 0 Å². The highest BCUT2D eigenvalue weighted by molar-refractivity contribution is 5.83. The van der Waals surface area contributed by atoms with Crippen molar-refractivity contribution in [3.05, 3.63) is 11.6 Å². The molecular formula is C17H28O3. The number of allylic oxidation sites excluding steroid dienone is 2. The lowest BCUT2D eigenvalue weighted by molar-refractivity contribution is -0.129. The van der Waals surface area contributed by atoms with Crippen LogP contribution in [0.5, 0.6) is 0 Å². The van der Waals surface area contributed by atoms with Gasteiger partial charge in [-0.15, -0.1) is 0 Å². The molecule has 0 aromatic carbocycles. The lowest BCUT2D eigenvalue weighted by Crippen LogP contribution is -2.23. The summed E-state index contributed by atoms with van der Waals surface area (Å²) in [7, 11) is 0. The van der Waals surface area contributed by atoms with E-state index < -0.39 is 0 Å². The van der Waals surface area contributed by atoms with Crippen molar-refractivity contribution >= 4 is 11.6 Å². The Balaban J connectivity index is 2.26. The summed E-state index contributed by atoms with van der Waals surface area (Å²) in [6.45, 7) is 6.70. The zero-order valence-corrected chi connectivity index (χ0v) is 13.1. The van der Waals surface area contributed by atoms with Gasteiger partial charge in [-0.1, -0.05) is 18.6 Å². The number of ketones is 2. The van der Waals surface area contributed by atoms with Gasteiger partial charge >= 0.3 is 0 Å². The van der Waals surface area contributed by atoms with E-state index in [2.05, 4.69) is 0 Å². The van der Waals surface area contributed by atoms with E-state index in [9.17, 15) is 9.59 Å². The van der Waals surface area contributed by atoms with Crippen LogP contribution >= 0.6 is 0 Å². The average Bonchev–Trinajstić information content (AvgIpc) is 2.61. The third-order valence-electron chi connectivity index (χ3n) is 3.86. The van der Waals surface area contributed by atoms with Gasteiger partial charge in [0.25, 0.3) is 0 Å². The van der Waals surface area contributed by atoms with Crippen LogP contribution in [0.15, 0.2) is 11.6 Å². The van der Waals surface area contributed by atoms with E-state index in [0.29, 0.717) is 25.2 Å². The second-order valence-electron chi connectivity index (χ2n) is 6.07. The largest absolute Gasteiger partial charge is 0.370 e. The third kappa shape index (κ3) is 6.47. The van der Waals surface area contributed by atoms with Gasteiger partial charge in [0, 0.05) is 25.4 Å². The maximum atomic E-state index is 11.9. The van der Waals surface area contributed by atoms with Crippen molar-refractivity contribution in [2.24, 2.45) is 5.92 Å². The Kier molecular flexibility index (Phi) is 7.75. The highest BCUT2D eigenvalue weighted by Crippen LogP contribution is 2.18. The molecule has 1 aliphatic heterocycles. The predicted octanol–water partition coefficient (Wildman–Crippen LogP) is 3.86. The van der Waals surface area contributed by atoms with Gasteiger partial charge in [-0.2, -0.15) is 0 Å². The molecule has 1 aliphatic rings. The van der Waals surface area contributed by atoms with Crippen LogP contribution in [-0.2, 0) is 14.3 Å². The molecule has 1 fully saturated rings. The Bertz CT molecular complexity index is 353. The van der Waals surface area contributed by atoms with Gasteiger partial charge in [-0.05, 0) is 46.0 Å². The number of Topliss-reactive ketones (excluding diaryl/α,β-unsaturated/α-hetero) is 2. The Labute approximate surface area is 122 Å². The van der Waals surface area contributed by atoms with E-state index in [0.717, 1.165) is 32.1 Å². The molecule has 0 N–H and O–H groups in total. The summed E-state index contributed by atoms with van der Waals surface area (Å²) in [5.41, 5.74) is 1.18. The van der Waals surface area contributed by atoms with Crippen LogP contribution in [0, 0.1) is 5.92 Å². The molecule has 1 saturated heterocycles. The van der Waals surface area contributed by atoms with E-state index in [1.165, 1.54) is 5.57 Å². The zero-order valence-electron chi connectivity index (χ0n) is 13.1. The molecule has 1 heterocycles. The normalized spacial score (nSPS) is 21.1. The fourth-order valence-electron chi connectivity index (χ4n) is 2.40. The molecule has 0 aliphatic carbocycles. The number of ether oxygens (including phenoxy) is 1. The Morgan fingerprint density at radius 3 is 2.85 bits per heavy atom. The topological polar surface area (TPSA) is 43.4 Å². The number of carbonyl (C=O) groups excluding carboxylic acids is 2. The molecule has 0 spiro atoms. The summed E-state index contributed by atoms with van der Waals surface area (Å²) >= 11 is 0. The molecule has 0 bridgehead atoms. The summed E-state index contributed by atoms with van der Waals surface area (Å²) in [5.74, 6) is 0.608. The summed E-state index contributed by atoms with van der Waals surface area (Å²) in [6.07, 6.45) is 7.38. The summed E-state index contributed by atoms with van der Waals surface area (Å²) in [6, 6.07) is 0. The Morgan fingerprint density at radius 2 is 2.15 bits per heavy atom. The van der Waals surface area contributed by atoms with Crippen LogP contribution in [-0.4, -0.2) is 24.3 Å². The van der Waals surface area contributed by atoms with Crippen molar-refractivity contribution in [1.29, 1.82) is 0 Å². The van der Waals surface area contributed by atoms with E-state index in [1.54, 1.807) is 0 Å². The van der Waals surface area contributed by atoms with Crippen molar-refractivity contribution in [1.82, 2.24) is 0 Å². The van der Waals surface area contributed by atoms with Crippen LogP contribution in [0.25, 0.3) is 0 Å². The molecule has 114 valence electrons. The van der Waals surface area contributed by atoms with Gasteiger partial charge in [0.15, 0.2) is 5.78 Å². The molecule has 20 heavy (non-hydrogen) atoms. The second-order valence-corrected chi connectivity index (χ2v) is 6.07. The number of hydrogen-bond acceptors (Lipinski definition) is 3. The van der Waals surface area contributed by atoms with Crippen LogP contribution in [0.4, 0.5) is 0 Å². The fraction of sp³-hybridized carbons (Fsp3) is 0.765. The molecule has 1 rings (SSSR count). The monoisotopic (exact) mass is 280 g/mol. The minimum absolute atomic E-state index is 0.0754. The van der Waals surface area contributed by atoms with Crippen LogP contribution < -0.4 is 0 Å². The standard InChI is InChI=1S/C17H28O3/c1-13(2)10-11-15(18)14(3)7-6-9-17-16(19)8-4-5-12-20-17/h10,14,17H,4-9,11-12H2,1-3H3. The highest BCUT2D eigenvalue weighted by Gasteiger charge is 2.21. The molecule has 0 aromatic heterocycles. The first kappa shape index (κ1) is 17.1. The molecule has 2 unspecified atom stereocenters. The maximum absolute atomic E-state index is 11.9. The maximum Gasteiger partial charge on any atom is 0.161 e. The molecule has 0 aromatic rings. The summed E-state index contributed by atoms with van der Waals surface area (Å²) in [4.78, 5) is 23.7. The first-order chi connectivity index (χ1) is 9.50. The van der Waals surface area contributed by atoms with Crippen LogP contribution in [0.2, 0.25) is 0 Å². The van der Waals surface area contributed by atoms with Gasteiger partial charge in [-0.3, -0.25) is 9.59 Å². The van der Waals surface area contributed by atoms with Gasteiger partial charge in [0.1, 0.15) is 11.9 Å². The SMILES string of the molecule is CC(C)=CCC(=O)C(C)CCCC1OCCCCC1=O. The van der Waals surface area contributed by atoms with Gasteiger partial charge in [0.05, 0.1) is 0 Å².